The molecule has 4 aliphatic rings. The zero-order valence-corrected chi connectivity index (χ0v) is 15.8. The number of aliphatic hydroxyl groups is 1. The fourth-order valence-corrected chi connectivity index (χ4v) is 6.23. The molecule has 1 aromatic carbocycles. The van der Waals surface area contributed by atoms with Crippen molar-refractivity contribution in [1.82, 2.24) is 5.01 Å². The molecule has 1 saturated heterocycles. The van der Waals surface area contributed by atoms with Crippen molar-refractivity contribution in [3.05, 3.63) is 24.3 Å². The molecule has 0 aromatic heterocycles. The first-order valence-electron chi connectivity index (χ1n) is 9.85. The third kappa shape index (κ3) is 1.98. The van der Waals surface area contributed by atoms with E-state index in [9.17, 15) is 9.90 Å². The average molecular weight is 356 g/mol. The van der Waals surface area contributed by atoms with Gasteiger partial charge < -0.3 is 9.84 Å². The number of methoxy groups -OCH3 is 1. The Labute approximate surface area is 154 Å². The predicted octanol–water partition coefficient (Wildman–Crippen LogP) is 2.98. The SMILES string of the molecule is COc1ccc(N2N([C@H]3CCC4C[C@@]5(O)CC3CC45)C(=O)C2(C)C)cc1. The minimum Gasteiger partial charge on any atom is -0.497 e. The van der Waals surface area contributed by atoms with Gasteiger partial charge in [0.25, 0.3) is 5.91 Å². The van der Waals surface area contributed by atoms with Gasteiger partial charge in [0, 0.05) is 0 Å². The molecule has 26 heavy (non-hydrogen) atoms. The third-order valence-electron chi connectivity index (χ3n) is 7.53. The predicted molar refractivity (Wildman–Crippen MR) is 98.7 cm³/mol. The number of hydrazine groups is 1. The van der Waals surface area contributed by atoms with Crippen molar-refractivity contribution in [2.24, 2.45) is 17.8 Å². The normalized spacial score (nSPS) is 39.9. The lowest BCUT2D eigenvalue weighted by atomic mass is 9.61. The Morgan fingerprint density at radius 2 is 1.81 bits per heavy atom. The molecule has 4 fully saturated rings. The first-order valence-corrected chi connectivity index (χ1v) is 9.85. The molecule has 0 spiro atoms. The van der Waals surface area contributed by atoms with Crippen molar-refractivity contribution in [2.45, 2.75) is 63.1 Å². The van der Waals surface area contributed by atoms with E-state index < -0.39 is 11.1 Å². The first kappa shape index (κ1) is 16.4. The van der Waals surface area contributed by atoms with Crippen LogP contribution in [0.15, 0.2) is 24.3 Å². The van der Waals surface area contributed by atoms with E-state index in [1.165, 1.54) is 0 Å². The van der Waals surface area contributed by atoms with E-state index in [0.29, 0.717) is 17.8 Å². The van der Waals surface area contributed by atoms with Crippen molar-refractivity contribution in [3.63, 3.8) is 0 Å². The molecule has 5 rings (SSSR count). The Hall–Kier alpha value is -1.75. The number of amides is 1. The third-order valence-corrected chi connectivity index (χ3v) is 7.53. The van der Waals surface area contributed by atoms with Crippen molar-refractivity contribution in [1.29, 1.82) is 0 Å². The van der Waals surface area contributed by atoms with Gasteiger partial charge in [-0.1, -0.05) is 0 Å². The molecule has 3 saturated carbocycles. The monoisotopic (exact) mass is 356 g/mol. The molecule has 2 bridgehead atoms. The van der Waals surface area contributed by atoms with E-state index in [-0.39, 0.29) is 11.9 Å². The van der Waals surface area contributed by atoms with Crippen LogP contribution in [0, 0.1) is 17.8 Å². The lowest BCUT2D eigenvalue weighted by molar-refractivity contribution is -0.160. The van der Waals surface area contributed by atoms with Crippen LogP contribution < -0.4 is 9.75 Å². The summed E-state index contributed by atoms with van der Waals surface area (Å²) in [7, 11) is 1.66. The van der Waals surface area contributed by atoms with Crippen molar-refractivity contribution >= 4 is 11.6 Å². The number of ether oxygens (including phenoxy) is 1. The number of fused-ring (bicyclic) bond motifs is 1. The van der Waals surface area contributed by atoms with Gasteiger partial charge in [-0.2, -0.15) is 0 Å². The second-order valence-electron chi connectivity index (χ2n) is 9.24. The molecule has 1 amide bonds. The molecular formula is C21H28N2O3. The van der Waals surface area contributed by atoms with Crippen LogP contribution in [0.5, 0.6) is 5.75 Å². The highest BCUT2D eigenvalue weighted by atomic mass is 16.5. The molecule has 140 valence electrons. The maximum Gasteiger partial charge on any atom is 0.268 e. The Bertz CT molecular complexity index is 746. The van der Waals surface area contributed by atoms with Crippen LogP contribution in [0.3, 0.4) is 0 Å². The van der Waals surface area contributed by atoms with Gasteiger partial charge >= 0.3 is 0 Å². The Morgan fingerprint density at radius 3 is 2.50 bits per heavy atom. The van der Waals surface area contributed by atoms with E-state index in [1.807, 2.05) is 43.1 Å². The molecule has 5 heteroatoms. The van der Waals surface area contributed by atoms with E-state index >= 15 is 0 Å². The van der Waals surface area contributed by atoms with Crippen molar-refractivity contribution < 1.29 is 14.6 Å². The van der Waals surface area contributed by atoms with Crippen LogP contribution in [0.2, 0.25) is 0 Å². The Balaban J connectivity index is 1.46. The van der Waals surface area contributed by atoms with Gasteiger partial charge in [0.1, 0.15) is 11.3 Å². The zero-order valence-electron chi connectivity index (χ0n) is 15.8. The molecular weight excluding hydrogens is 328 g/mol. The summed E-state index contributed by atoms with van der Waals surface area (Å²) >= 11 is 0. The Morgan fingerprint density at radius 1 is 1.12 bits per heavy atom. The molecule has 1 N–H and O–H groups in total. The minimum absolute atomic E-state index is 0.198. The molecule has 3 unspecified atom stereocenters. The summed E-state index contributed by atoms with van der Waals surface area (Å²) < 4.78 is 5.27. The maximum absolute atomic E-state index is 13.0. The second kappa shape index (κ2) is 5.16. The lowest BCUT2D eigenvalue weighted by Crippen LogP contribution is -2.78. The molecule has 0 radical (unpaired) electrons. The summed E-state index contributed by atoms with van der Waals surface area (Å²) in [4.78, 5) is 13.0. The van der Waals surface area contributed by atoms with Crippen LogP contribution >= 0.6 is 0 Å². The molecule has 1 heterocycles. The van der Waals surface area contributed by atoms with Gasteiger partial charge in [0.15, 0.2) is 0 Å². The molecule has 1 aromatic rings. The van der Waals surface area contributed by atoms with Crippen LogP contribution in [-0.2, 0) is 4.79 Å². The van der Waals surface area contributed by atoms with Crippen LogP contribution in [0.4, 0.5) is 5.69 Å². The van der Waals surface area contributed by atoms with E-state index in [4.69, 9.17) is 4.74 Å². The maximum atomic E-state index is 13.0. The second-order valence-corrected chi connectivity index (χ2v) is 9.24. The van der Waals surface area contributed by atoms with Gasteiger partial charge in [0.05, 0.1) is 24.4 Å². The van der Waals surface area contributed by atoms with Gasteiger partial charge in [-0.25, -0.2) is 5.01 Å². The summed E-state index contributed by atoms with van der Waals surface area (Å²) in [6.07, 6.45) is 5.10. The first-order chi connectivity index (χ1) is 12.3. The standard InChI is InChI=1S/C21H28N2O3/c1-20(2)19(24)22(23(20)15-5-7-16(26-3)8-6-15)18-9-4-13-11-21(25)12-14(18)10-17(13)21/h5-8,13-14,17-18,25H,4,9-12H2,1-3H3/t13?,14?,17?,18-,21+/m0/s1. The molecule has 5 atom stereocenters. The van der Waals surface area contributed by atoms with Crippen LogP contribution in [0.1, 0.15) is 46.0 Å². The number of rotatable bonds is 3. The average Bonchev–Trinajstić information content (AvgIpc) is 2.78. The lowest BCUT2D eigenvalue weighted by Gasteiger charge is -2.60. The summed E-state index contributed by atoms with van der Waals surface area (Å²) in [5.41, 5.74) is 0.0549. The van der Waals surface area contributed by atoms with Crippen molar-refractivity contribution in [2.75, 3.05) is 12.1 Å². The van der Waals surface area contributed by atoms with Gasteiger partial charge in [-0.3, -0.25) is 9.80 Å². The summed E-state index contributed by atoms with van der Waals surface area (Å²) in [5, 5.41) is 15.0. The van der Waals surface area contributed by atoms with E-state index in [2.05, 4.69) is 5.01 Å². The highest BCUT2D eigenvalue weighted by molar-refractivity contribution is 5.97. The highest BCUT2D eigenvalue weighted by Gasteiger charge is 2.64. The fraction of sp³-hybridized carbons (Fsp3) is 0.667. The zero-order chi connectivity index (χ0) is 18.3. The fourth-order valence-electron chi connectivity index (χ4n) is 6.23. The quantitative estimate of drug-likeness (QED) is 0.905. The number of carbonyl (C=O) groups is 1. The Kier molecular flexibility index (Phi) is 3.26. The van der Waals surface area contributed by atoms with Gasteiger partial charge in [-0.15, -0.1) is 0 Å². The largest absolute Gasteiger partial charge is 0.497 e. The summed E-state index contributed by atoms with van der Waals surface area (Å²) in [6.45, 7) is 3.99. The smallest absolute Gasteiger partial charge is 0.268 e. The van der Waals surface area contributed by atoms with Crippen molar-refractivity contribution in [3.8, 4) is 5.75 Å². The number of anilines is 1. The molecule has 5 nitrogen and oxygen atoms in total. The molecule has 1 aliphatic heterocycles. The topological polar surface area (TPSA) is 53.0 Å². The number of hydrogen-bond acceptors (Lipinski definition) is 4. The van der Waals surface area contributed by atoms with Crippen LogP contribution in [-0.4, -0.2) is 40.3 Å². The molecule has 3 aliphatic carbocycles. The highest BCUT2D eigenvalue weighted by Crippen LogP contribution is 2.62. The van der Waals surface area contributed by atoms with Gasteiger partial charge in [-0.05, 0) is 88.0 Å². The summed E-state index contributed by atoms with van der Waals surface area (Å²) in [5.74, 6) is 2.56. The van der Waals surface area contributed by atoms with Gasteiger partial charge in [0.2, 0.25) is 0 Å². The number of carbonyl (C=O) groups excluding carboxylic acids is 1. The number of benzene rings is 1. The van der Waals surface area contributed by atoms with Crippen LogP contribution in [0.25, 0.3) is 0 Å². The summed E-state index contributed by atoms with van der Waals surface area (Å²) in [6, 6.07) is 8.16. The van der Waals surface area contributed by atoms with E-state index in [1.54, 1.807) is 7.11 Å². The number of hydrogen-bond donors (Lipinski definition) is 1. The van der Waals surface area contributed by atoms with E-state index in [0.717, 1.165) is 43.5 Å². The minimum atomic E-state index is -0.529. The number of nitrogens with zero attached hydrogens (tertiary/aromatic N) is 2.